The quantitative estimate of drug-likeness (QED) is 0.746. The standard InChI is InChI=1S/C12H15N3O/c13-10-4-3-5-11-9(10)8-14-15(11)12-6-1-2-7-16-12/h3-5,8,12H,1-2,6-7,13H2/t12-/m0/s1. The molecule has 0 radical (unpaired) electrons. The van der Waals surface area contributed by atoms with Crippen LogP contribution in [0.2, 0.25) is 0 Å². The summed E-state index contributed by atoms with van der Waals surface area (Å²) in [5.41, 5.74) is 7.74. The highest BCUT2D eigenvalue weighted by Gasteiger charge is 2.18. The monoisotopic (exact) mass is 217 g/mol. The lowest BCUT2D eigenvalue weighted by Gasteiger charge is -2.23. The van der Waals surface area contributed by atoms with Gasteiger partial charge in [0.25, 0.3) is 0 Å². The molecule has 0 amide bonds. The minimum Gasteiger partial charge on any atom is -0.398 e. The van der Waals surface area contributed by atoms with Crippen molar-refractivity contribution in [3.63, 3.8) is 0 Å². The molecule has 0 spiro atoms. The first-order chi connectivity index (χ1) is 7.86. The molecule has 2 heterocycles. The summed E-state index contributed by atoms with van der Waals surface area (Å²) in [6, 6.07) is 5.89. The summed E-state index contributed by atoms with van der Waals surface area (Å²) in [4.78, 5) is 0. The van der Waals surface area contributed by atoms with Crippen molar-refractivity contribution < 1.29 is 4.74 Å². The van der Waals surface area contributed by atoms with Gasteiger partial charge in [0.2, 0.25) is 0 Å². The number of hydrogen-bond donors (Lipinski definition) is 1. The lowest BCUT2D eigenvalue weighted by atomic mass is 10.2. The zero-order valence-corrected chi connectivity index (χ0v) is 9.10. The summed E-state index contributed by atoms with van der Waals surface area (Å²) in [5.74, 6) is 0. The molecule has 0 unspecified atom stereocenters. The highest BCUT2D eigenvalue weighted by Crippen LogP contribution is 2.28. The number of benzene rings is 1. The maximum absolute atomic E-state index is 5.90. The van der Waals surface area contributed by atoms with E-state index in [1.165, 1.54) is 6.42 Å². The first kappa shape index (κ1) is 9.66. The molecule has 1 aliphatic heterocycles. The summed E-state index contributed by atoms with van der Waals surface area (Å²) in [6.45, 7) is 0.828. The zero-order chi connectivity index (χ0) is 11.0. The molecule has 0 saturated carbocycles. The molecule has 1 aromatic heterocycles. The number of nitrogen functional groups attached to an aromatic ring is 1. The Hall–Kier alpha value is -1.55. The van der Waals surface area contributed by atoms with Gasteiger partial charge in [-0.05, 0) is 31.4 Å². The van der Waals surface area contributed by atoms with Gasteiger partial charge in [-0.3, -0.25) is 0 Å². The second kappa shape index (κ2) is 3.79. The van der Waals surface area contributed by atoms with Gasteiger partial charge in [-0.2, -0.15) is 5.10 Å². The second-order valence-corrected chi connectivity index (χ2v) is 4.19. The molecular formula is C12H15N3O. The summed E-state index contributed by atoms with van der Waals surface area (Å²) >= 11 is 0. The van der Waals surface area contributed by atoms with E-state index in [9.17, 15) is 0 Å². The highest BCUT2D eigenvalue weighted by atomic mass is 16.5. The van der Waals surface area contributed by atoms with Gasteiger partial charge in [-0.15, -0.1) is 0 Å². The van der Waals surface area contributed by atoms with Crippen molar-refractivity contribution >= 4 is 16.6 Å². The topological polar surface area (TPSA) is 53.1 Å². The molecular weight excluding hydrogens is 202 g/mol. The van der Waals surface area contributed by atoms with Crippen LogP contribution >= 0.6 is 0 Å². The minimum absolute atomic E-state index is 0.0769. The molecule has 3 rings (SSSR count). The summed E-state index contributed by atoms with van der Waals surface area (Å²) in [7, 11) is 0. The van der Waals surface area contributed by atoms with Crippen molar-refractivity contribution in [2.45, 2.75) is 25.5 Å². The Labute approximate surface area is 94.0 Å². The van der Waals surface area contributed by atoms with E-state index in [0.717, 1.165) is 36.0 Å². The summed E-state index contributed by atoms with van der Waals surface area (Å²) < 4.78 is 7.68. The fourth-order valence-corrected chi connectivity index (χ4v) is 2.24. The number of nitrogens with zero attached hydrogens (tertiary/aromatic N) is 2. The van der Waals surface area contributed by atoms with Crippen LogP contribution in [0.3, 0.4) is 0 Å². The average molecular weight is 217 g/mol. The number of nitrogens with two attached hydrogens (primary N) is 1. The molecule has 16 heavy (non-hydrogen) atoms. The number of hydrogen-bond acceptors (Lipinski definition) is 3. The molecule has 1 atom stereocenters. The van der Waals surface area contributed by atoms with Crippen LogP contribution in [0, 0.1) is 0 Å². The van der Waals surface area contributed by atoms with E-state index < -0.39 is 0 Å². The predicted molar refractivity (Wildman–Crippen MR) is 63.0 cm³/mol. The normalized spacial score (nSPS) is 21.4. The Balaban J connectivity index is 2.06. The van der Waals surface area contributed by atoms with E-state index in [4.69, 9.17) is 10.5 Å². The van der Waals surface area contributed by atoms with Gasteiger partial charge in [0.15, 0.2) is 6.23 Å². The van der Waals surface area contributed by atoms with Gasteiger partial charge >= 0.3 is 0 Å². The van der Waals surface area contributed by atoms with E-state index in [0.29, 0.717) is 0 Å². The van der Waals surface area contributed by atoms with E-state index in [-0.39, 0.29) is 6.23 Å². The third kappa shape index (κ3) is 1.46. The van der Waals surface area contributed by atoms with Crippen molar-refractivity contribution in [3.8, 4) is 0 Å². The van der Waals surface area contributed by atoms with E-state index in [1.54, 1.807) is 0 Å². The van der Waals surface area contributed by atoms with E-state index >= 15 is 0 Å². The number of ether oxygens (including phenoxy) is 1. The van der Waals surface area contributed by atoms with Crippen LogP contribution in [0.15, 0.2) is 24.4 Å². The molecule has 1 aromatic carbocycles. The number of aromatic nitrogens is 2. The maximum Gasteiger partial charge on any atom is 0.150 e. The summed E-state index contributed by atoms with van der Waals surface area (Å²) in [6.07, 6.45) is 5.29. The average Bonchev–Trinajstić information content (AvgIpc) is 2.75. The molecule has 0 bridgehead atoms. The molecule has 4 heteroatoms. The van der Waals surface area contributed by atoms with E-state index in [1.807, 2.05) is 29.1 Å². The van der Waals surface area contributed by atoms with E-state index in [2.05, 4.69) is 5.10 Å². The Morgan fingerprint density at radius 3 is 3.12 bits per heavy atom. The highest BCUT2D eigenvalue weighted by molar-refractivity contribution is 5.90. The van der Waals surface area contributed by atoms with Gasteiger partial charge in [0.05, 0.1) is 11.7 Å². The first-order valence-corrected chi connectivity index (χ1v) is 5.69. The minimum atomic E-state index is 0.0769. The smallest absolute Gasteiger partial charge is 0.150 e. The van der Waals surface area contributed by atoms with Gasteiger partial charge in [0.1, 0.15) is 0 Å². The van der Waals surface area contributed by atoms with Crippen molar-refractivity contribution in [1.29, 1.82) is 0 Å². The largest absolute Gasteiger partial charge is 0.398 e. The van der Waals surface area contributed by atoms with Gasteiger partial charge in [0, 0.05) is 17.7 Å². The molecule has 1 fully saturated rings. The van der Waals surface area contributed by atoms with Crippen LogP contribution in [0.1, 0.15) is 25.5 Å². The van der Waals surface area contributed by atoms with Gasteiger partial charge in [-0.25, -0.2) is 4.68 Å². The van der Waals surface area contributed by atoms with Crippen LogP contribution in [0.4, 0.5) is 5.69 Å². The fourth-order valence-electron chi connectivity index (χ4n) is 2.24. The number of fused-ring (bicyclic) bond motifs is 1. The Bertz CT molecular complexity index is 500. The van der Waals surface area contributed by atoms with Crippen LogP contribution in [0.25, 0.3) is 10.9 Å². The lowest BCUT2D eigenvalue weighted by molar-refractivity contribution is -0.0366. The predicted octanol–water partition coefficient (Wildman–Crippen LogP) is 2.32. The lowest BCUT2D eigenvalue weighted by Crippen LogP contribution is -2.18. The van der Waals surface area contributed by atoms with Crippen LogP contribution in [0.5, 0.6) is 0 Å². The first-order valence-electron chi connectivity index (χ1n) is 5.69. The second-order valence-electron chi connectivity index (χ2n) is 4.19. The third-order valence-corrected chi connectivity index (χ3v) is 3.10. The zero-order valence-electron chi connectivity index (χ0n) is 9.10. The number of rotatable bonds is 1. The molecule has 1 aliphatic rings. The third-order valence-electron chi connectivity index (χ3n) is 3.10. The summed E-state index contributed by atoms with van der Waals surface area (Å²) in [5, 5.41) is 5.40. The van der Waals surface area contributed by atoms with Crippen molar-refractivity contribution in [2.24, 2.45) is 0 Å². The van der Waals surface area contributed by atoms with Crippen LogP contribution in [-0.4, -0.2) is 16.4 Å². The Kier molecular flexibility index (Phi) is 2.29. The Morgan fingerprint density at radius 1 is 1.38 bits per heavy atom. The van der Waals surface area contributed by atoms with Crippen molar-refractivity contribution in [3.05, 3.63) is 24.4 Å². The van der Waals surface area contributed by atoms with Crippen molar-refractivity contribution in [2.75, 3.05) is 12.3 Å². The SMILES string of the molecule is Nc1cccc2c1cnn2[C@@H]1CCCCO1. The molecule has 2 aromatic rings. The number of anilines is 1. The van der Waals surface area contributed by atoms with Gasteiger partial charge in [-0.1, -0.05) is 6.07 Å². The van der Waals surface area contributed by atoms with Crippen LogP contribution < -0.4 is 5.73 Å². The van der Waals surface area contributed by atoms with Gasteiger partial charge < -0.3 is 10.5 Å². The molecule has 2 N–H and O–H groups in total. The Morgan fingerprint density at radius 2 is 2.31 bits per heavy atom. The molecule has 84 valence electrons. The molecule has 0 aliphatic carbocycles. The molecule has 4 nitrogen and oxygen atoms in total. The van der Waals surface area contributed by atoms with Crippen LogP contribution in [-0.2, 0) is 4.74 Å². The molecule has 1 saturated heterocycles. The fraction of sp³-hybridized carbons (Fsp3) is 0.417. The van der Waals surface area contributed by atoms with Crippen molar-refractivity contribution in [1.82, 2.24) is 9.78 Å². The maximum atomic E-state index is 5.90.